The molecule has 1 saturated carbocycles. The van der Waals surface area contributed by atoms with Gasteiger partial charge in [-0.15, -0.1) is 5.10 Å². The van der Waals surface area contributed by atoms with Crippen molar-refractivity contribution in [1.29, 1.82) is 0 Å². The van der Waals surface area contributed by atoms with Crippen molar-refractivity contribution in [3.8, 4) is 0 Å². The van der Waals surface area contributed by atoms with Crippen LogP contribution >= 0.6 is 0 Å². The highest BCUT2D eigenvalue weighted by molar-refractivity contribution is 5.86. The molecule has 0 amide bonds. The minimum atomic E-state index is -4.63. The predicted octanol–water partition coefficient (Wildman–Crippen LogP) is 3.49. The van der Waals surface area contributed by atoms with Crippen LogP contribution in [0.4, 0.5) is 36.2 Å². The molecule has 1 fully saturated rings. The van der Waals surface area contributed by atoms with Crippen molar-refractivity contribution in [2.45, 2.75) is 25.1 Å². The predicted molar refractivity (Wildman–Crippen MR) is 107 cm³/mol. The van der Waals surface area contributed by atoms with Crippen molar-refractivity contribution < 1.29 is 13.2 Å². The van der Waals surface area contributed by atoms with Crippen LogP contribution in [-0.2, 0) is 6.18 Å². The summed E-state index contributed by atoms with van der Waals surface area (Å²) in [7, 11) is 0. The fraction of sp³-hybridized carbons (Fsp3) is 0.211. The molecule has 0 spiro atoms. The molecule has 5 N–H and O–H groups in total. The van der Waals surface area contributed by atoms with E-state index in [1.165, 1.54) is 28.9 Å². The summed E-state index contributed by atoms with van der Waals surface area (Å²) in [5, 5.41) is 10.7. The Morgan fingerprint density at radius 1 is 1.20 bits per heavy atom. The first-order valence-corrected chi connectivity index (χ1v) is 9.20. The van der Waals surface area contributed by atoms with Crippen LogP contribution in [0.3, 0.4) is 0 Å². The second kappa shape index (κ2) is 6.37. The quantitative estimate of drug-likeness (QED) is 0.406. The first kappa shape index (κ1) is 18.3. The number of anilines is 4. The Bertz CT molecular complexity index is 1340. The summed E-state index contributed by atoms with van der Waals surface area (Å²) in [6, 6.07) is 6.93. The van der Waals surface area contributed by atoms with Gasteiger partial charge in [0, 0.05) is 29.2 Å². The lowest BCUT2D eigenvalue weighted by atomic mass is 10.1. The number of nitrogens with two attached hydrogens (primary N) is 1. The van der Waals surface area contributed by atoms with E-state index in [0.29, 0.717) is 35.1 Å². The van der Waals surface area contributed by atoms with Crippen molar-refractivity contribution in [3.63, 3.8) is 0 Å². The first-order chi connectivity index (χ1) is 14.3. The molecule has 0 aliphatic heterocycles. The molecule has 3 heterocycles. The average Bonchev–Trinajstić information content (AvgIpc) is 3.41. The van der Waals surface area contributed by atoms with Crippen molar-refractivity contribution >= 4 is 39.6 Å². The molecule has 1 aromatic carbocycles. The number of fused-ring (bicyclic) bond motifs is 2. The maximum Gasteiger partial charge on any atom is 0.417 e. The molecule has 4 aromatic rings. The largest absolute Gasteiger partial charge is 0.417 e. The van der Waals surface area contributed by atoms with Crippen molar-refractivity contribution in [2.24, 2.45) is 0 Å². The van der Waals surface area contributed by atoms with Gasteiger partial charge in [0.2, 0.25) is 5.56 Å². The molecule has 0 atom stereocenters. The van der Waals surface area contributed by atoms with E-state index in [1.54, 1.807) is 6.07 Å². The lowest BCUT2D eigenvalue weighted by molar-refractivity contribution is -0.136. The smallest absolute Gasteiger partial charge is 0.382 e. The molecule has 1 aliphatic rings. The van der Waals surface area contributed by atoms with Crippen LogP contribution in [0.1, 0.15) is 18.4 Å². The topological polar surface area (TPSA) is 113 Å². The zero-order valence-corrected chi connectivity index (χ0v) is 15.4. The monoisotopic (exact) mass is 415 g/mol. The zero-order valence-electron chi connectivity index (χ0n) is 15.4. The Balaban J connectivity index is 1.56. The molecule has 0 unspecified atom stereocenters. The van der Waals surface area contributed by atoms with Gasteiger partial charge in [-0.1, -0.05) is 6.07 Å². The third-order valence-corrected chi connectivity index (χ3v) is 4.85. The van der Waals surface area contributed by atoms with Crippen LogP contribution in [0, 0.1) is 0 Å². The maximum absolute atomic E-state index is 13.2. The summed E-state index contributed by atoms with van der Waals surface area (Å²) >= 11 is 0. The molecule has 11 heteroatoms. The van der Waals surface area contributed by atoms with Gasteiger partial charge in [0.1, 0.15) is 5.82 Å². The van der Waals surface area contributed by atoms with Gasteiger partial charge in [0.15, 0.2) is 11.5 Å². The van der Waals surface area contributed by atoms with Gasteiger partial charge in [-0.2, -0.15) is 17.7 Å². The molecule has 154 valence electrons. The normalized spacial score (nSPS) is 14.4. The fourth-order valence-corrected chi connectivity index (χ4v) is 3.32. The lowest BCUT2D eigenvalue weighted by Crippen LogP contribution is -2.14. The number of hydrogen-bond acceptors (Lipinski definition) is 6. The van der Waals surface area contributed by atoms with E-state index in [9.17, 15) is 18.0 Å². The Morgan fingerprint density at radius 2 is 2.00 bits per heavy atom. The highest BCUT2D eigenvalue weighted by atomic mass is 19.4. The van der Waals surface area contributed by atoms with Crippen LogP contribution in [0.2, 0.25) is 0 Å². The van der Waals surface area contributed by atoms with Gasteiger partial charge >= 0.3 is 6.18 Å². The Hall–Kier alpha value is -3.76. The number of halogens is 3. The van der Waals surface area contributed by atoms with E-state index >= 15 is 0 Å². The standard InChI is InChI=1S/C19H16F3N7O/c20-19(21,22)12-6-17(30)27-13-5-10(3-4-11(12)13)26-16-7-14(25-9-1-2-9)18-24-8-15(23)29(18)28-16/h3-9,25H,1-2,23H2,(H,26,28)(H,27,30). The molecule has 0 bridgehead atoms. The molecule has 0 saturated heterocycles. The van der Waals surface area contributed by atoms with Crippen molar-refractivity contribution in [1.82, 2.24) is 19.6 Å². The number of pyridine rings is 1. The van der Waals surface area contributed by atoms with Crippen LogP contribution in [0.5, 0.6) is 0 Å². The van der Waals surface area contributed by atoms with Crippen LogP contribution in [0.15, 0.2) is 41.3 Å². The Kier molecular flexibility index (Phi) is 3.88. The average molecular weight is 415 g/mol. The molecule has 1 aliphatic carbocycles. The van der Waals surface area contributed by atoms with E-state index in [0.717, 1.165) is 18.5 Å². The Labute approximate surface area is 166 Å². The summed E-state index contributed by atoms with van der Waals surface area (Å²) in [6.07, 6.45) is -1.000. The number of nitrogen functional groups attached to an aromatic ring is 1. The number of nitrogens with zero attached hydrogens (tertiary/aromatic N) is 3. The molecular formula is C19H16F3N7O. The van der Waals surface area contributed by atoms with Gasteiger partial charge in [-0.05, 0) is 25.0 Å². The number of hydrogen-bond donors (Lipinski definition) is 4. The highest BCUT2D eigenvalue weighted by Crippen LogP contribution is 2.34. The first-order valence-electron chi connectivity index (χ1n) is 9.20. The van der Waals surface area contributed by atoms with Gasteiger partial charge < -0.3 is 21.4 Å². The zero-order chi connectivity index (χ0) is 21.0. The van der Waals surface area contributed by atoms with Gasteiger partial charge in [-0.25, -0.2) is 4.98 Å². The van der Waals surface area contributed by atoms with Crippen molar-refractivity contribution in [2.75, 3.05) is 16.4 Å². The van der Waals surface area contributed by atoms with Crippen LogP contribution in [-0.4, -0.2) is 25.6 Å². The van der Waals surface area contributed by atoms with Gasteiger partial charge in [0.25, 0.3) is 0 Å². The van der Waals surface area contributed by atoms with E-state index in [4.69, 9.17) is 5.73 Å². The summed E-state index contributed by atoms with van der Waals surface area (Å²) in [6.45, 7) is 0. The third-order valence-electron chi connectivity index (χ3n) is 4.85. The van der Waals surface area contributed by atoms with E-state index < -0.39 is 17.3 Å². The number of aromatic amines is 1. The van der Waals surface area contributed by atoms with Crippen molar-refractivity contribution in [3.05, 3.63) is 52.4 Å². The number of nitrogens with one attached hydrogen (secondary N) is 3. The highest BCUT2D eigenvalue weighted by Gasteiger charge is 2.33. The minimum absolute atomic E-state index is 0.0689. The summed E-state index contributed by atoms with van der Waals surface area (Å²) < 4.78 is 41.2. The van der Waals surface area contributed by atoms with E-state index in [-0.39, 0.29) is 10.9 Å². The van der Waals surface area contributed by atoms with Gasteiger partial charge in [0.05, 0.1) is 23.0 Å². The number of benzene rings is 1. The minimum Gasteiger partial charge on any atom is -0.382 e. The molecule has 8 nitrogen and oxygen atoms in total. The van der Waals surface area contributed by atoms with Crippen LogP contribution in [0.25, 0.3) is 16.6 Å². The molecular weight excluding hydrogens is 399 g/mol. The maximum atomic E-state index is 13.2. The number of alkyl halides is 3. The number of imidazole rings is 1. The SMILES string of the molecule is Nc1cnc2c(NC3CC3)cc(Nc3ccc4c(C(F)(F)F)cc(=O)[nH]c4c3)nn12. The third kappa shape index (κ3) is 3.27. The summed E-state index contributed by atoms with van der Waals surface area (Å²) in [5.41, 5.74) is 6.00. The molecule has 0 radical (unpaired) electrons. The fourth-order valence-electron chi connectivity index (χ4n) is 3.32. The number of H-pyrrole nitrogens is 1. The number of aromatic nitrogens is 4. The second-order valence-corrected chi connectivity index (χ2v) is 7.21. The molecule has 30 heavy (non-hydrogen) atoms. The lowest BCUT2D eigenvalue weighted by Gasteiger charge is -2.13. The summed E-state index contributed by atoms with van der Waals surface area (Å²) in [5.74, 6) is 0.772. The second-order valence-electron chi connectivity index (χ2n) is 7.21. The van der Waals surface area contributed by atoms with E-state index in [1.807, 2.05) is 0 Å². The molecule has 3 aromatic heterocycles. The number of rotatable bonds is 4. The van der Waals surface area contributed by atoms with Gasteiger partial charge in [-0.3, -0.25) is 4.79 Å². The molecule has 5 rings (SSSR count). The Morgan fingerprint density at radius 3 is 2.73 bits per heavy atom. The summed E-state index contributed by atoms with van der Waals surface area (Å²) in [4.78, 5) is 18.4. The van der Waals surface area contributed by atoms with Crippen LogP contribution < -0.4 is 21.9 Å². The van der Waals surface area contributed by atoms with E-state index in [2.05, 4.69) is 25.7 Å².